The molecule has 0 bridgehead atoms. The first kappa shape index (κ1) is 14.5. The van der Waals surface area contributed by atoms with Crippen LogP contribution in [0.2, 0.25) is 0 Å². The normalized spacial score (nSPS) is 19.4. The number of hydrogen-bond acceptors (Lipinski definition) is 2. The number of halogens is 2. The molecule has 2 amide bonds. The van der Waals surface area contributed by atoms with Crippen LogP contribution >= 0.6 is 31.9 Å². The fourth-order valence-electron chi connectivity index (χ4n) is 2.06. The lowest BCUT2D eigenvalue weighted by molar-refractivity contribution is -0.132. The van der Waals surface area contributed by atoms with Gasteiger partial charge in [0.15, 0.2) is 0 Å². The molecule has 1 heterocycles. The van der Waals surface area contributed by atoms with E-state index in [1.54, 1.807) is 18.0 Å². The van der Waals surface area contributed by atoms with Crippen molar-refractivity contribution in [3.05, 3.63) is 32.7 Å². The Balaban J connectivity index is 2.05. The Bertz CT molecular complexity index is 519. The minimum atomic E-state index is -0.124. The highest BCUT2D eigenvalue weighted by atomic mass is 79.9. The van der Waals surface area contributed by atoms with Crippen molar-refractivity contribution < 1.29 is 9.59 Å². The number of carbonyl (C=O) groups excluding carboxylic acids is 2. The molecule has 1 N–H and O–H groups in total. The van der Waals surface area contributed by atoms with Crippen LogP contribution in [0.4, 0.5) is 0 Å². The van der Waals surface area contributed by atoms with Crippen LogP contribution in [-0.2, 0) is 4.79 Å². The van der Waals surface area contributed by atoms with Gasteiger partial charge in [-0.05, 0) is 40.5 Å². The van der Waals surface area contributed by atoms with Gasteiger partial charge in [0.05, 0.1) is 5.56 Å². The monoisotopic (exact) mass is 388 g/mol. The van der Waals surface area contributed by atoms with Crippen molar-refractivity contribution in [3.8, 4) is 0 Å². The van der Waals surface area contributed by atoms with E-state index in [-0.39, 0.29) is 17.9 Å². The van der Waals surface area contributed by atoms with Crippen LogP contribution in [0, 0.1) is 0 Å². The Morgan fingerprint density at radius 2 is 2.16 bits per heavy atom. The summed E-state index contributed by atoms with van der Waals surface area (Å²) in [4.78, 5) is 25.3. The number of rotatable bonds is 2. The molecule has 1 aliphatic heterocycles. The van der Waals surface area contributed by atoms with Gasteiger partial charge in [0.25, 0.3) is 5.91 Å². The van der Waals surface area contributed by atoms with Crippen molar-refractivity contribution in [2.75, 3.05) is 13.6 Å². The van der Waals surface area contributed by atoms with Crippen LogP contribution < -0.4 is 5.32 Å². The maximum atomic E-state index is 12.2. The topological polar surface area (TPSA) is 49.4 Å². The van der Waals surface area contributed by atoms with E-state index >= 15 is 0 Å². The molecular weight excluding hydrogens is 376 g/mol. The van der Waals surface area contributed by atoms with E-state index in [4.69, 9.17) is 0 Å². The predicted octanol–water partition coefficient (Wildman–Crippen LogP) is 2.56. The number of carbonyl (C=O) groups is 2. The van der Waals surface area contributed by atoms with E-state index in [1.165, 1.54) is 0 Å². The Hall–Kier alpha value is -0.880. The molecule has 1 aliphatic rings. The smallest absolute Gasteiger partial charge is 0.252 e. The second-order valence-electron chi connectivity index (χ2n) is 4.61. The molecule has 2 rings (SSSR count). The summed E-state index contributed by atoms with van der Waals surface area (Å²) in [6, 6.07) is 5.49. The lowest BCUT2D eigenvalue weighted by Gasteiger charge is -2.30. The molecule has 4 nitrogen and oxygen atoms in total. The first-order chi connectivity index (χ1) is 8.97. The van der Waals surface area contributed by atoms with Crippen LogP contribution in [0.25, 0.3) is 0 Å². The van der Waals surface area contributed by atoms with Crippen LogP contribution in [0.5, 0.6) is 0 Å². The molecule has 1 atom stereocenters. The molecule has 0 aromatic heterocycles. The lowest BCUT2D eigenvalue weighted by atomic mass is 10.1. The van der Waals surface area contributed by atoms with E-state index in [0.717, 1.165) is 8.95 Å². The van der Waals surface area contributed by atoms with Crippen molar-refractivity contribution in [2.45, 2.75) is 18.9 Å². The summed E-state index contributed by atoms with van der Waals surface area (Å²) in [6.07, 6.45) is 1.18. The summed E-state index contributed by atoms with van der Waals surface area (Å²) in [5, 5.41) is 2.97. The van der Waals surface area contributed by atoms with Gasteiger partial charge < -0.3 is 10.2 Å². The summed E-state index contributed by atoms with van der Waals surface area (Å²) in [6.45, 7) is 0.566. The van der Waals surface area contributed by atoms with E-state index in [2.05, 4.69) is 37.2 Å². The summed E-state index contributed by atoms with van der Waals surface area (Å²) < 4.78 is 1.62. The number of hydrogen-bond donors (Lipinski definition) is 1. The number of benzene rings is 1. The van der Waals surface area contributed by atoms with Crippen molar-refractivity contribution >= 4 is 43.7 Å². The van der Waals surface area contributed by atoms with E-state index in [0.29, 0.717) is 24.9 Å². The van der Waals surface area contributed by atoms with Gasteiger partial charge in [-0.3, -0.25) is 9.59 Å². The van der Waals surface area contributed by atoms with Gasteiger partial charge in [-0.1, -0.05) is 15.9 Å². The van der Waals surface area contributed by atoms with Crippen LogP contribution in [0.1, 0.15) is 23.2 Å². The summed E-state index contributed by atoms with van der Waals surface area (Å²) in [5.41, 5.74) is 0.592. The van der Waals surface area contributed by atoms with Crippen molar-refractivity contribution in [2.24, 2.45) is 0 Å². The molecule has 0 spiro atoms. The second kappa shape index (κ2) is 6.05. The molecule has 1 saturated heterocycles. The van der Waals surface area contributed by atoms with Gasteiger partial charge in [0.2, 0.25) is 5.91 Å². The fraction of sp³-hybridized carbons (Fsp3) is 0.385. The Kier molecular flexibility index (Phi) is 4.62. The van der Waals surface area contributed by atoms with E-state index < -0.39 is 0 Å². The highest BCUT2D eigenvalue weighted by Crippen LogP contribution is 2.22. The number of nitrogens with one attached hydrogen (secondary N) is 1. The maximum Gasteiger partial charge on any atom is 0.252 e. The largest absolute Gasteiger partial charge is 0.347 e. The molecule has 19 heavy (non-hydrogen) atoms. The quantitative estimate of drug-likeness (QED) is 0.844. The van der Waals surface area contributed by atoms with Crippen molar-refractivity contribution in [3.63, 3.8) is 0 Å². The highest BCUT2D eigenvalue weighted by molar-refractivity contribution is 9.11. The van der Waals surface area contributed by atoms with Gasteiger partial charge in [0.1, 0.15) is 0 Å². The minimum Gasteiger partial charge on any atom is -0.347 e. The fourth-order valence-corrected chi connectivity index (χ4v) is 2.85. The van der Waals surface area contributed by atoms with Crippen molar-refractivity contribution in [1.82, 2.24) is 10.2 Å². The van der Waals surface area contributed by atoms with Crippen molar-refractivity contribution in [1.29, 1.82) is 0 Å². The standard InChI is InChI=1S/C13H14Br2N2O2/c1-17-7-9(3-5-12(17)18)16-13(19)10-6-8(14)2-4-11(10)15/h2,4,6,9H,3,5,7H2,1H3,(H,16,19). The highest BCUT2D eigenvalue weighted by Gasteiger charge is 2.24. The van der Waals surface area contributed by atoms with Gasteiger partial charge in [-0.2, -0.15) is 0 Å². The zero-order valence-electron chi connectivity index (χ0n) is 10.5. The van der Waals surface area contributed by atoms with Gasteiger partial charge in [-0.15, -0.1) is 0 Å². The number of likely N-dealkylation sites (N-methyl/N-ethyl adjacent to an activating group) is 1. The third-order valence-corrected chi connectivity index (χ3v) is 4.32. The lowest BCUT2D eigenvalue weighted by Crippen LogP contribution is -2.48. The van der Waals surface area contributed by atoms with Gasteiger partial charge in [0, 0.05) is 35.0 Å². The molecule has 0 saturated carbocycles. The van der Waals surface area contributed by atoms with Crippen LogP contribution in [-0.4, -0.2) is 36.3 Å². The molecule has 1 aromatic carbocycles. The zero-order chi connectivity index (χ0) is 14.0. The predicted molar refractivity (Wildman–Crippen MR) is 80.0 cm³/mol. The first-order valence-electron chi connectivity index (χ1n) is 5.97. The number of amides is 2. The van der Waals surface area contributed by atoms with E-state index in [9.17, 15) is 9.59 Å². The Labute approximate surface area is 128 Å². The number of likely N-dealkylation sites (tertiary alicyclic amines) is 1. The molecule has 0 radical (unpaired) electrons. The molecule has 1 fully saturated rings. The third-order valence-electron chi connectivity index (χ3n) is 3.13. The maximum absolute atomic E-state index is 12.2. The van der Waals surface area contributed by atoms with E-state index in [1.807, 2.05) is 12.1 Å². The molecule has 6 heteroatoms. The average molecular weight is 390 g/mol. The number of piperidine rings is 1. The summed E-state index contributed by atoms with van der Waals surface area (Å²) in [5.74, 6) is 0.00931. The third kappa shape index (κ3) is 3.57. The van der Waals surface area contributed by atoms with Gasteiger partial charge in [-0.25, -0.2) is 0 Å². The second-order valence-corrected chi connectivity index (χ2v) is 6.38. The Morgan fingerprint density at radius 3 is 2.84 bits per heavy atom. The van der Waals surface area contributed by atoms with Crippen LogP contribution in [0.3, 0.4) is 0 Å². The average Bonchev–Trinajstić information content (AvgIpc) is 2.36. The Morgan fingerprint density at radius 1 is 1.42 bits per heavy atom. The van der Waals surface area contributed by atoms with Gasteiger partial charge >= 0.3 is 0 Å². The molecule has 102 valence electrons. The molecular formula is C13H14Br2N2O2. The SMILES string of the molecule is CN1CC(NC(=O)c2cc(Br)ccc2Br)CCC1=O. The first-order valence-corrected chi connectivity index (χ1v) is 7.56. The van der Waals surface area contributed by atoms with Crippen LogP contribution in [0.15, 0.2) is 27.1 Å². The molecule has 1 unspecified atom stereocenters. The molecule has 1 aromatic rings. The minimum absolute atomic E-state index is 0.0149. The summed E-state index contributed by atoms with van der Waals surface area (Å²) in [7, 11) is 1.76. The molecule has 0 aliphatic carbocycles. The number of nitrogens with zero attached hydrogens (tertiary/aromatic N) is 1. The zero-order valence-corrected chi connectivity index (χ0v) is 13.6. The summed E-state index contributed by atoms with van der Waals surface area (Å²) >= 11 is 6.72.